The number of pyridine rings is 1. The number of aryl methyl sites for hydroxylation is 1. The van der Waals surface area contributed by atoms with Crippen molar-refractivity contribution < 1.29 is 13.2 Å². The number of benzene rings is 1. The highest BCUT2D eigenvalue weighted by Crippen LogP contribution is 2.25. The molecule has 0 radical (unpaired) electrons. The molecule has 0 unspecified atom stereocenters. The monoisotopic (exact) mass is 497 g/mol. The molecule has 0 bridgehead atoms. The van der Waals surface area contributed by atoms with Gasteiger partial charge in [-0.15, -0.1) is 0 Å². The van der Waals surface area contributed by atoms with Crippen LogP contribution in [0.5, 0.6) is 5.88 Å². The Bertz CT molecular complexity index is 1570. The van der Waals surface area contributed by atoms with Crippen LogP contribution in [0.2, 0.25) is 0 Å². The lowest BCUT2D eigenvalue weighted by atomic mass is 10.1. The van der Waals surface area contributed by atoms with E-state index in [0.29, 0.717) is 53.4 Å². The number of hydrogen-bond acceptors (Lipinski definition) is 6. The van der Waals surface area contributed by atoms with Crippen LogP contribution in [0, 0.1) is 0 Å². The fourth-order valence-corrected chi connectivity index (χ4v) is 4.94. The number of nitrogens with one attached hydrogen (secondary N) is 2. The Morgan fingerprint density at radius 2 is 1.69 bits per heavy atom. The molecule has 11 heteroatoms. The fraction of sp³-hybridized carbons (Fsp3) is 0.292. The van der Waals surface area contributed by atoms with Gasteiger partial charge in [-0.3, -0.25) is 18.7 Å². The van der Waals surface area contributed by atoms with Crippen molar-refractivity contribution in [3.8, 4) is 17.1 Å². The number of aromatic amines is 1. The van der Waals surface area contributed by atoms with E-state index in [1.807, 2.05) is 13.8 Å². The summed E-state index contributed by atoms with van der Waals surface area (Å²) in [7, 11) is -2.36. The van der Waals surface area contributed by atoms with Crippen LogP contribution in [-0.4, -0.2) is 34.6 Å². The number of anilines is 1. The molecule has 0 saturated carbocycles. The molecule has 0 saturated heterocycles. The number of methoxy groups -OCH3 is 1. The summed E-state index contributed by atoms with van der Waals surface area (Å²) in [5, 5.41) is 0. The lowest BCUT2D eigenvalue weighted by molar-refractivity contribution is 0.398. The largest absolute Gasteiger partial charge is 0.481 e. The second kappa shape index (κ2) is 9.79. The van der Waals surface area contributed by atoms with Gasteiger partial charge in [-0.2, -0.15) is 0 Å². The van der Waals surface area contributed by atoms with E-state index in [4.69, 9.17) is 4.74 Å². The van der Waals surface area contributed by atoms with Gasteiger partial charge in [0.05, 0.1) is 29.4 Å². The molecule has 0 aliphatic carbocycles. The molecular formula is C24H27N5O5S. The molecule has 0 spiro atoms. The number of rotatable bonds is 9. The highest BCUT2D eigenvalue weighted by atomic mass is 32.2. The Kier molecular flexibility index (Phi) is 6.79. The van der Waals surface area contributed by atoms with Crippen LogP contribution in [0.25, 0.3) is 22.3 Å². The van der Waals surface area contributed by atoms with Gasteiger partial charge < -0.3 is 9.72 Å². The molecule has 184 valence electrons. The molecule has 1 aromatic carbocycles. The minimum Gasteiger partial charge on any atom is -0.481 e. The summed E-state index contributed by atoms with van der Waals surface area (Å²) in [6, 6.07) is 11.1. The molecule has 4 rings (SSSR count). The summed E-state index contributed by atoms with van der Waals surface area (Å²) < 4.78 is 35.9. The third kappa shape index (κ3) is 4.72. The van der Waals surface area contributed by atoms with Crippen LogP contribution in [0.3, 0.4) is 0 Å². The van der Waals surface area contributed by atoms with E-state index < -0.39 is 10.0 Å². The molecule has 35 heavy (non-hydrogen) atoms. The van der Waals surface area contributed by atoms with E-state index in [0.717, 1.165) is 6.42 Å². The minimum atomic E-state index is -3.83. The van der Waals surface area contributed by atoms with E-state index in [1.165, 1.54) is 30.0 Å². The standard InChI is InChI=1S/C24H27N5O5S/c1-4-12-28-20-14-19(26-22(20)23(30)29(13-5-2)24(28)31)16-6-9-18(10-7-16)35(32,33)27-17-8-11-21(34-3)25-15-17/h6-11,14-15,26-27H,4-5,12-13H2,1-3H3. The van der Waals surface area contributed by atoms with Crippen LogP contribution >= 0.6 is 0 Å². The van der Waals surface area contributed by atoms with E-state index in [9.17, 15) is 18.0 Å². The summed E-state index contributed by atoms with van der Waals surface area (Å²) in [4.78, 5) is 33.1. The van der Waals surface area contributed by atoms with E-state index in [-0.39, 0.29) is 16.1 Å². The number of H-pyrrole nitrogens is 1. The first-order chi connectivity index (χ1) is 16.8. The van der Waals surface area contributed by atoms with Gasteiger partial charge in [-0.25, -0.2) is 18.2 Å². The van der Waals surface area contributed by atoms with Crippen LogP contribution in [-0.2, 0) is 23.1 Å². The Balaban J connectivity index is 1.69. The SMILES string of the molecule is CCCn1c(=O)c2[nH]c(-c3ccc(S(=O)(=O)Nc4ccc(OC)nc4)cc3)cc2n(CCC)c1=O. The maximum Gasteiger partial charge on any atom is 0.331 e. The van der Waals surface area contributed by atoms with E-state index in [1.54, 1.807) is 34.9 Å². The maximum absolute atomic E-state index is 13.0. The van der Waals surface area contributed by atoms with Gasteiger partial charge in [0.2, 0.25) is 5.88 Å². The lowest BCUT2D eigenvalue weighted by Crippen LogP contribution is -2.39. The molecule has 2 N–H and O–H groups in total. The summed E-state index contributed by atoms with van der Waals surface area (Å²) in [5.41, 5.74) is 1.82. The van der Waals surface area contributed by atoms with Crippen molar-refractivity contribution in [2.24, 2.45) is 0 Å². The molecule has 0 atom stereocenters. The van der Waals surface area contributed by atoms with Gasteiger partial charge in [-0.1, -0.05) is 26.0 Å². The van der Waals surface area contributed by atoms with Gasteiger partial charge in [0, 0.05) is 24.8 Å². The van der Waals surface area contributed by atoms with Gasteiger partial charge in [0.15, 0.2) is 0 Å². The summed E-state index contributed by atoms with van der Waals surface area (Å²) >= 11 is 0. The third-order valence-corrected chi connectivity index (χ3v) is 6.97. The molecule has 4 aromatic rings. The number of sulfonamides is 1. The van der Waals surface area contributed by atoms with Crippen molar-refractivity contribution in [1.29, 1.82) is 0 Å². The van der Waals surface area contributed by atoms with Gasteiger partial charge in [0.25, 0.3) is 15.6 Å². The molecule has 0 fully saturated rings. The second-order valence-electron chi connectivity index (χ2n) is 8.05. The molecule has 3 heterocycles. The molecule has 0 aliphatic rings. The smallest absolute Gasteiger partial charge is 0.331 e. The van der Waals surface area contributed by atoms with Crippen molar-refractivity contribution in [2.45, 2.75) is 44.7 Å². The molecule has 3 aromatic heterocycles. The molecule has 10 nitrogen and oxygen atoms in total. The molecular weight excluding hydrogens is 470 g/mol. The van der Waals surface area contributed by atoms with Crippen molar-refractivity contribution in [3.05, 3.63) is 69.5 Å². The van der Waals surface area contributed by atoms with E-state index in [2.05, 4.69) is 14.7 Å². The summed E-state index contributed by atoms with van der Waals surface area (Å²) in [6.07, 6.45) is 2.77. The van der Waals surface area contributed by atoms with Crippen LogP contribution < -0.4 is 20.7 Å². The van der Waals surface area contributed by atoms with Crippen molar-refractivity contribution in [1.82, 2.24) is 19.1 Å². The van der Waals surface area contributed by atoms with Gasteiger partial charge in [0.1, 0.15) is 5.52 Å². The number of nitrogens with zero attached hydrogens (tertiary/aromatic N) is 3. The normalized spacial score (nSPS) is 11.6. The highest BCUT2D eigenvalue weighted by molar-refractivity contribution is 7.92. The first kappa shape index (κ1) is 24.3. The number of hydrogen-bond donors (Lipinski definition) is 2. The predicted octanol–water partition coefficient (Wildman–Crippen LogP) is 3.18. The van der Waals surface area contributed by atoms with E-state index >= 15 is 0 Å². The zero-order valence-corrected chi connectivity index (χ0v) is 20.6. The maximum atomic E-state index is 13.0. The topological polar surface area (TPSA) is 128 Å². The second-order valence-corrected chi connectivity index (χ2v) is 9.74. The fourth-order valence-electron chi connectivity index (χ4n) is 3.90. The highest BCUT2D eigenvalue weighted by Gasteiger charge is 2.18. The Morgan fingerprint density at radius 1 is 1.00 bits per heavy atom. The van der Waals surface area contributed by atoms with Crippen molar-refractivity contribution in [3.63, 3.8) is 0 Å². The minimum absolute atomic E-state index is 0.0707. The number of fused-ring (bicyclic) bond motifs is 1. The van der Waals surface area contributed by atoms with Gasteiger partial charge in [-0.05, 0) is 42.7 Å². The predicted molar refractivity (Wildman–Crippen MR) is 134 cm³/mol. The Hall–Kier alpha value is -3.86. The van der Waals surface area contributed by atoms with Gasteiger partial charge >= 0.3 is 5.69 Å². The zero-order chi connectivity index (χ0) is 25.2. The van der Waals surface area contributed by atoms with Crippen molar-refractivity contribution >= 4 is 26.7 Å². The zero-order valence-electron chi connectivity index (χ0n) is 19.7. The van der Waals surface area contributed by atoms with Crippen LogP contribution in [0.1, 0.15) is 26.7 Å². The first-order valence-electron chi connectivity index (χ1n) is 11.3. The third-order valence-electron chi connectivity index (χ3n) is 5.58. The van der Waals surface area contributed by atoms with Crippen LogP contribution in [0.4, 0.5) is 5.69 Å². The molecule has 0 amide bonds. The first-order valence-corrected chi connectivity index (χ1v) is 12.8. The Labute approximate surface area is 202 Å². The Morgan fingerprint density at radius 3 is 2.29 bits per heavy atom. The lowest BCUT2D eigenvalue weighted by Gasteiger charge is -2.10. The van der Waals surface area contributed by atoms with Crippen molar-refractivity contribution in [2.75, 3.05) is 11.8 Å². The quantitative estimate of drug-likeness (QED) is 0.366. The summed E-state index contributed by atoms with van der Waals surface area (Å²) in [5.74, 6) is 0.376. The average molecular weight is 498 g/mol. The van der Waals surface area contributed by atoms with Crippen LogP contribution in [0.15, 0.2) is 63.1 Å². The molecule has 0 aliphatic heterocycles. The summed E-state index contributed by atoms with van der Waals surface area (Å²) in [6.45, 7) is 4.71. The number of aromatic nitrogens is 4. The number of ether oxygens (including phenoxy) is 1. The average Bonchev–Trinajstić information content (AvgIpc) is 3.30.